The van der Waals surface area contributed by atoms with E-state index in [9.17, 15) is 13.6 Å². The van der Waals surface area contributed by atoms with E-state index in [0.29, 0.717) is 12.1 Å². The second-order valence-corrected chi connectivity index (χ2v) is 5.44. The summed E-state index contributed by atoms with van der Waals surface area (Å²) in [4.78, 5) is 11.1. The molecule has 2 N–H and O–H groups in total. The molecule has 1 aliphatic rings. The fourth-order valence-electron chi connectivity index (χ4n) is 2.83. The van der Waals surface area contributed by atoms with Gasteiger partial charge in [-0.15, -0.1) is 0 Å². The predicted octanol–water partition coefficient (Wildman–Crippen LogP) is 3.12. The van der Waals surface area contributed by atoms with Crippen LogP contribution in [0.3, 0.4) is 0 Å². The van der Waals surface area contributed by atoms with Crippen molar-refractivity contribution in [3.8, 4) is 0 Å². The summed E-state index contributed by atoms with van der Waals surface area (Å²) < 4.78 is 26.0. The van der Waals surface area contributed by atoms with E-state index in [4.69, 9.17) is 5.11 Å². The van der Waals surface area contributed by atoms with Crippen molar-refractivity contribution in [1.29, 1.82) is 0 Å². The third-order valence-electron chi connectivity index (χ3n) is 4.11. The summed E-state index contributed by atoms with van der Waals surface area (Å²) in [6.45, 7) is 2.44. The summed E-state index contributed by atoms with van der Waals surface area (Å²) in [5.74, 6) is -2.64. The highest BCUT2D eigenvalue weighted by Gasteiger charge is 2.32. The van der Waals surface area contributed by atoms with E-state index in [0.717, 1.165) is 25.3 Å². The molecule has 0 radical (unpaired) electrons. The van der Waals surface area contributed by atoms with Gasteiger partial charge in [-0.3, -0.25) is 4.79 Å². The van der Waals surface area contributed by atoms with Crippen LogP contribution in [0.1, 0.15) is 37.8 Å². The van der Waals surface area contributed by atoms with Crippen LogP contribution in [0.5, 0.6) is 0 Å². The summed E-state index contributed by atoms with van der Waals surface area (Å²) in [6, 6.07) is 3.69. The minimum atomic E-state index is -0.861. The molecule has 0 amide bonds. The fourth-order valence-corrected chi connectivity index (χ4v) is 2.83. The topological polar surface area (TPSA) is 49.3 Å². The maximum absolute atomic E-state index is 13.2. The number of halogens is 2. The molecule has 0 aliphatic heterocycles. The Hall–Kier alpha value is -1.49. The van der Waals surface area contributed by atoms with Crippen LogP contribution in [0.4, 0.5) is 8.78 Å². The lowest BCUT2D eigenvalue weighted by Gasteiger charge is -2.20. The van der Waals surface area contributed by atoms with Crippen LogP contribution in [0.2, 0.25) is 0 Å². The number of carboxylic acids is 1. The minimum Gasteiger partial charge on any atom is -0.481 e. The third-order valence-corrected chi connectivity index (χ3v) is 4.11. The number of hydrogen-bond donors (Lipinski definition) is 2. The highest BCUT2D eigenvalue weighted by molar-refractivity contribution is 5.70. The lowest BCUT2D eigenvalue weighted by atomic mass is 9.95. The van der Waals surface area contributed by atoms with Gasteiger partial charge in [-0.1, -0.05) is 12.5 Å². The molecule has 0 saturated heterocycles. The number of hydrogen-bond acceptors (Lipinski definition) is 2. The normalized spacial score (nSPS) is 23.8. The van der Waals surface area contributed by atoms with E-state index >= 15 is 0 Å². The second-order valence-electron chi connectivity index (χ2n) is 5.44. The van der Waals surface area contributed by atoms with Crippen LogP contribution in [-0.4, -0.2) is 17.6 Å². The first-order valence-electron chi connectivity index (χ1n) is 6.90. The monoisotopic (exact) mass is 283 g/mol. The van der Waals surface area contributed by atoms with Gasteiger partial charge < -0.3 is 10.4 Å². The Balaban J connectivity index is 1.93. The Morgan fingerprint density at radius 3 is 2.80 bits per heavy atom. The first-order chi connectivity index (χ1) is 9.49. The molecular formula is C15H19F2NO2. The Morgan fingerprint density at radius 2 is 2.15 bits per heavy atom. The predicted molar refractivity (Wildman–Crippen MR) is 71.2 cm³/mol. The van der Waals surface area contributed by atoms with E-state index in [2.05, 4.69) is 5.32 Å². The van der Waals surface area contributed by atoms with Crippen LogP contribution >= 0.6 is 0 Å². The van der Waals surface area contributed by atoms with Crippen LogP contribution < -0.4 is 5.32 Å². The molecular weight excluding hydrogens is 264 g/mol. The summed E-state index contributed by atoms with van der Waals surface area (Å²) in [6.07, 6.45) is 2.55. The van der Waals surface area contributed by atoms with Crippen molar-refractivity contribution in [2.24, 2.45) is 11.8 Å². The number of carboxylic acid groups (broad SMARTS) is 1. The first kappa shape index (κ1) is 14.9. The van der Waals surface area contributed by atoms with E-state index in [1.54, 1.807) is 6.07 Å². The highest BCUT2D eigenvalue weighted by atomic mass is 19.2. The largest absolute Gasteiger partial charge is 0.481 e. The molecule has 3 atom stereocenters. The van der Waals surface area contributed by atoms with E-state index in [1.807, 2.05) is 6.92 Å². The van der Waals surface area contributed by atoms with Crippen molar-refractivity contribution in [3.63, 3.8) is 0 Å². The molecule has 3 nitrogen and oxygen atoms in total. The smallest absolute Gasteiger partial charge is 0.306 e. The summed E-state index contributed by atoms with van der Waals surface area (Å²) in [5.41, 5.74) is 0.661. The lowest BCUT2D eigenvalue weighted by Crippen LogP contribution is -2.30. The third kappa shape index (κ3) is 3.33. The summed E-state index contributed by atoms with van der Waals surface area (Å²) in [5, 5.41) is 12.3. The number of rotatable bonds is 5. The van der Waals surface area contributed by atoms with Gasteiger partial charge in [-0.05, 0) is 49.9 Å². The van der Waals surface area contributed by atoms with Gasteiger partial charge in [0, 0.05) is 6.04 Å². The van der Waals surface area contributed by atoms with Crippen molar-refractivity contribution >= 4 is 5.97 Å². The Kier molecular flexibility index (Phi) is 4.70. The second kappa shape index (κ2) is 6.31. The van der Waals surface area contributed by atoms with Crippen molar-refractivity contribution in [3.05, 3.63) is 35.4 Å². The molecule has 0 bridgehead atoms. The molecule has 110 valence electrons. The summed E-state index contributed by atoms with van der Waals surface area (Å²) in [7, 11) is 0. The molecule has 1 aromatic carbocycles. The molecule has 5 heteroatoms. The van der Waals surface area contributed by atoms with E-state index in [-0.39, 0.29) is 17.9 Å². The molecule has 1 aromatic rings. The van der Waals surface area contributed by atoms with Gasteiger partial charge in [0.15, 0.2) is 11.6 Å². The molecule has 20 heavy (non-hydrogen) atoms. The zero-order chi connectivity index (χ0) is 14.7. The maximum atomic E-state index is 13.2. The van der Waals surface area contributed by atoms with E-state index in [1.165, 1.54) is 6.07 Å². The SMILES string of the molecule is CC(NCC1CCCC1C(=O)O)c1ccc(F)c(F)c1. The minimum absolute atomic E-state index is 0.111. The Labute approximate surface area is 117 Å². The van der Waals surface area contributed by atoms with Gasteiger partial charge in [0.25, 0.3) is 0 Å². The standard InChI is InChI=1S/C15H19F2NO2/c1-9(10-5-6-13(16)14(17)7-10)18-8-11-3-2-4-12(11)15(19)20/h5-7,9,11-12,18H,2-4,8H2,1H3,(H,19,20). The van der Waals surface area contributed by atoms with Crippen LogP contribution in [-0.2, 0) is 4.79 Å². The molecule has 2 rings (SSSR count). The number of carbonyl (C=O) groups is 1. The number of benzene rings is 1. The van der Waals surface area contributed by atoms with Crippen molar-refractivity contribution in [2.75, 3.05) is 6.54 Å². The maximum Gasteiger partial charge on any atom is 0.306 e. The van der Waals surface area contributed by atoms with Crippen LogP contribution in [0, 0.1) is 23.5 Å². The molecule has 0 spiro atoms. The molecule has 0 heterocycles. The van der Waals surface area contributed by atoms with Gasteiger partial charge in [0.1, 0.15) is 0 Å². The van der Waals surface area contributed by atoms with Gasteiger partial charge in [-0.2, -0.15) is 0 Å². The number of aliphatic carboxylic acids is 1. The first-order valence-corrected chi connectivity index (χ1v) is 6.90. The average Bonchev–Trinajstić information content (AvgIpc) is 2.87. The van der Waals surface area contributed by atoms with Crippen LogP contribution in [0.25, 0.3) is 0 Å². The van der Waals surface area contributed by atoms with Gasteiger partial charge in [0.05, 0.1) is 5.92 Å². The zero-order valence-corrected chi connectivity index (χ0v) is 11.4. The highest BCUT2D eigenvalue weighted by Crippen LogP contribution is 2.31. The van der Waals surface area contributed by atoms with Crippen molar-refractivity contribution in [1.82, 2.24) is 5.32 Å². The van der Waals surface area contributed by atoms with E-state index < -0.39 is 17.6 Å². The average molecular weight is 283 g/mol. The van der Waals surface area contributed by atoms with Crippen LogP contribution in [0.15, 0.2) is 18.2 Å². The molecule has 1 fully saturated rings. The lowest BCUT2D eigenvalue weighted by molar-refractivity contribution is -0.142. The van der Waals surface area contributed by atoms with Gasteiger partial charge >= 0.3 is 5.97 Å². The zero-order valence-electron chi connectivity index (χ0n) is 11.4. The Morgan fingerprint density at radius 1 is 1.40 bits per heavy atom. The van der Waals surface area contributed by atoms with Gasteiger partial charge in [0.2, 0.25) is 0 Å². The molecule has 1 saturated carbocycles. The van der Waals surface area contributed by atoms with Gasteiger partial charge in [-0.25, -0.2) is 8.78 Å². The molecule has 1 aliphatic carbocycles. The van der Waals surface area contributed by atoms with Crippen molar-refractivity contribution in [2.45, 2.75) is 32.2 Å². The molecule has 3 unspecified atom stereocenters. The fraction of sp³-hybridized carbons (Fsp3) is 0.533. The number of nitrogens with one attached hydrogen (secondary N) is 1. The summed E-state index contributed by atoms with van der Waals surface area (Å²) >= 11 is 0. The quantitative estimate of drug-likeness (QED) is 0.873. The molecule has 0 aromatic heterocycles. The van der Waals surface area contributed by atoms with Crippen molar-refractivity contribution < 1.29 is 18.7 Å². The Bertz CT molecular complexity index is 493.